The lowest BCUT2D eigenvalue weighted by atomic mass is 10.0. The van der Waals surface area contributed by atoms with E-state index >= 15 is 0 Å². The molecule has 2 aliphatic heterocycles. The highest BCUT2D eigenvalue weighted by Gasteiger charge is 2.40. The smallest absolute Gasteiger partial charge is 0.0251 e. The Bertz CT molecular complexity index is 256. The van der Waals surface area contributed by atoms with Crippen LogP contribution in [-0.2, 0) is 0 Å². The maximum atomic E-state index is 6.25. The minimum absolute atomic E-state index is 0.440. The molecule has 0 aromatic heterocycles. The molecule has 3 fully saturated rings. The third-order valence-electron chi connectivity index (χ3n) is 4.94. The van der Waals surface area contributed by atoms with Gasteiger partial charge in [-0.3, -0.25) is 9.80 Å². The summed E-state index contributed by atoms with van der Waals surface area (Å²) in [5, 5.41) is 0. The summed E-state index contributed by atoms with van der Waals surface area (Å²) in [7, 11) is 0. The Morgan fingerprint density at radius 2 is 1.94 bits per heavy atom. The van der Waals surface area contributed by atoms with Crippen molar-refractivity contribution < 1.29 is 0 Å². The first-order chi connectivity index (χ1) is 7.75. The first-order valence-corrected chi connectivity index (χ1v) is 7.01. The van der Waals surface area contributed by atoms with Crippen LogP contribution in [0.1, 0.15) is 39.0 Å². The molecule has 16 heavy (non-hydrogen) atoms. The zero-order valence-corrected chi connectivity index (χ0v) is 10.4. The predicted molar refractivity (Wildman–Crippen MR) is 66.4 cm³/mol. The van der Waals surface area contributed by atoms with Gasteiger partial charge >= 0.3 is 0 Å². The molecule has 4 unspecified atom stereocenters. The minimum Gasteiger partial charge on any atom is -0.326 e. The third-order valence-corrected chi connectivity index (χ3v) is 4.94. The quantitative estimate of drug-likeness (QED) is 0.721. The zero-order valence-electron chi connectivity index (χ0n) is 10.4. The lowest BCUT2D eigenvalue weighted by Crippen LogP contribution is -2.60. The minimum atomic E-state index is 0.440. The van der Waals surface area contributed by atoms with Gasteiger partial charge in [-0.05, 0) is 39.2 Å². The summed E-state index contributed by atoms with van der Waals surface area (Å²) in [6.07, 6.45) is 6.72. The average molecular weight is 223 g/mol. The van der Waals surface area contributed by atoms with Crippen LogP contribution in [0.15, 0.2) is 0 Å². The number of nitrogens with two attached hydrogens (primary N) is 1. The fourth-order valence-electron chi connectivity index (χ4n) is 4.05. The number of fused-ring (bicyclic) bond motifs is 1. The molecule has 1 saturated carbocycles. The summed E-state index contributed by atoms with van der Waals surface area (Å²) < 4.78 is 0. The number of piperazine rings is 1. The van der Waals surface area contributed by atoms with Crippen LogP contribution in [0.2, 0.25) is 0 Å². The highest BCUT2D eigenvalue weighted by atomic mass is 15.3. The van der Waals surface area contributed by atoms with E-state index in [0.717, 1.165) is 6.04 Å². The lowest BCUT2D eigenvalue weighted by Gasteiger charge is -2.46. The monoisotopic (exact) mass is 223 g/mol. The molecule has 2 heterocycles. The van der Waals surface area contributed by atoms with E-state index in [2.05, 4.69) is 16.7 Å². The van der Waals surface area contributed by atoms with E-state index in [4.69, 9.17) is 5.73 Å². The highest BCUT2D eigenvalue weighted by molar-refractivity contribution is 4.97. The number of nitrogens with zero attached hydrogens (tertiary/aromatic N) is 2. The van der Waals surface area contributed by atoms with Crippen molar-refractivity contribution in [3.8, 4) is 0 Å². The van der Waals surface area contributed by atoms with Crippen molar-refractivity contribution in [1.82, 2.24) is 9.80 Å². The van der Waals surface area contributed by atoms with Crippen molar-refractivity contribution in [2.75, 3.05) is 19.6 Å². The van der Waals surface area contributed by atoms with E-state index in [9.17, 15) is 0 Å². The SMILES string of the molecule is CC1CN2CCCC2CN1C1CCCC1N. The normalized spacial score (nSPS) is 46.1. The predicted octanol–water partition coefficient (Wildman–Crippen LogP) is 1.03. The second-order valence-electron chi connectivity index (χ2n) is 6.00. The van der Waals surface area contributed by atoms with Gasteiger partial charge < -0.3 is 5.73 Å². The van der Waals surface area contributed by atoms with Gasteiger partial charge in [0, 0.05) is 37.3 Å². The molecule has 92 valence electrons. The van der Waals surface area contributed by atoms with E-state index in [1.54, 1.807) is 0 Å². The molecular formula is C13H25N3. The van der Waals surface area contributed by atoms with Crippen molar-refractivity contribution in [1.29, 1.82) is 0 Å². The molecule has 0 aromatic rings. The van der Waals surface area contributed by atoms with Crippen molar-refractivity contribution in [2.45, 2.75) is 63.2 Å². The molecule has 2 saturated heterocycles. The summed E-state index contributed by atoms with van der Waals surface area (Å²) >= 11 is 0. The van der Waals surface area contributed by atoms with Gasteiger partial charge in [0.15, 0.2) is 0 Å². The molecule has 3 rings (SSSR count). The van der Waals surface area contributed by atoms with Gasteiger partial charge in [0.2, 0.25) is 0 Å². The highest BCUT2D eigenvalue weighted by Crippen LogP contribution is 2.30. The Morgan fingerprint density at radius 3 is 2.69 bits per heavy atom. The van der Waals surface area contributed by atoms with E-state index in [1.807, 2.05) is 0 Å². The van der Waals surface area contributed by atoms with Crippen molar-refractivity contribution in [2.24, 2.45) is 5.73 Å². The first kappa shape index (κ1) is 11.0. The van der Waals surface area contributed by atoms with Crippen LogP contribution in [0.3, 0.4) is 0 Å². The molecule has 3 nitrogen and oxygen atoms in total. The van der Waals surface area contributed by atoms with Gasteiger partial charge in [-0.15, -0.1) is 0 Å². The summed E-state index contributed by atoms with van der Waals surface area (Å²) in [5.74, 6) is 0. The number of hydrogen-bond donors (Lipinski definition) is 1. The molecule has 0 aromatic carbocycles. The van der Waals surface area contributed by atoms with Crippen LogP contribution < -0.4 is 5.73 Å². The van der Waals surface area contributed by atoms with Crippen molar-refractivity contribution in [3.05, 3.63) is 0 Å². The van der Waals surface area contributed by atoms with Crippen LogP contribution in [0.4, 0.5) is 0 Å². The van der Waals surface area contributed by atoms with Crippen LogP contribution in [0.25, 0.3) is 0 Å². The molecule has 2 N–H and O–H groups in total. The topological polar surface area (TPSA) is 32.5 Å². The second-order valence-corrected chi connectivity index (χ2v) is 6.00. The van der Waals surface area contributed by atoms with Crippen LogP contribution in [-0.4, -0.2) is 53.6 Å². The Morgan fingerprint density at radius 1 is 1.06 bits per heavy atom. The zero-order chi connectivity index (χ0) is 11.1. The summed E-state index contributed by atoms with van der Waals surface area (Å²) in [5.41, 5.74) is 6.25. The van der Waals surface area contributed by atoms with Gasteiger partial charge in [0.05, 0.1) is 0 Å². The Labute approximate surface area is 99.0 Å². The molecule has 4 atom stereocenters. The van der Waals surface area contributed by atoms with Crippen LogP contribution in [0.5, 0.6) is 0 Å². The molecule has 0 spiro atoms. The maximum Gasteiger partial charge on any atom is 0.0251 e. The summed E-state index contributed by atoms with van der Waals surface area (Å²) in [6, 6.07) is 2.67. The Balaban J connectivity index is 1.70. The van der Waals surface area contributed by atoms with E-state index < -0.39 is 0 Å². The molecular weight excluding hydrogens is 198 g/mol. The Kier molecular flexibility index (Phi) is 2.94. The van der Waals surface area contributed by atoms with E-state index in [0.29, 0.717) is 18.1 Å². The molecule has 0 amide bonds. The molecule has 0 bridgehead atoms. The standard InChI is InChI=1S/C13H25N3/c1-10-8-15-7-3-4-11(15)9-16(10)13-6-2-5-12(13)14/h10-13H,2-9,14H2,1H3. The van der Waals surface area contributed by atoms with Gasteiger partial charge in [-0.1, -0.05) is 6.42 Å². The Hall–Kier alpha value is -0.120. The third kappa shape index (κ3) is 1.79. The average Bonchev–Trinajstić information content (AvgIpc) is 2.85. The van der Waals surface area contributed by atoms with Gasteiger partial charge in [0.25, 0.3) is 0 Å². The van der Waals surface area contributed by atoms with Crippen molar-refractivity contribution >= 4 is 0 Å². The fourth-order valence-corrected chi connectivity index (χ4v) is 4.05. The van der Waals surface area contributed by atoms with Crippen LogP contribution in [0, 0.1) is 0 Å². The molecule has 1 aliphatic carbocycles. The number of hydrogen-bond acceptors (Lipinski definition) is 3. The lowest BCUT2D eigenvalue weighted by molar-refractivity contribution is 0.0253. The summed E-state index contributed by atoms with van der Waals surface area (Å²) in [6.45, 7) is 6.27. The second kappa shape index (κ2) is 4.28. The van der Waals surface area contributed by atoms with Crippen molar-refractivity contribution in [3.63, 3.8) is 0 Å². The molecule has 0 radical (unpaired) electrons. The van der Waals surface area contributed by atoms with Gasteiger partial charge in [0.1, 0.15) is 0 Å². The van der Waals surface area contributed by atoms with Crippen LogP contribution >= 0.6 is 0 Å². The van der Waals surface area contributed by atoms with Gasteiger partial charge in [-0.25, -0.2) is 0 Å². The first-order valence-electron chi connectivity index (χ1n) is 7.01. The van der Waals surface area contributed by atoms with E-state index in [-0.39, 0.29) is 0 Å². The molecule has 3 aliphatic rings. The summed E-state index contributed by atoms with van der Waals surface area (Å²) in [4.78, 5) is 5.42. The number of rotatable bonds is 1. The molecule has 3 heteroatoms. The van der Waals surface area contributed by atoms with E-state index in [1.165, 1.54) is 51.7 Å². The largest absolute Gasteiger partial charge is 0.326 e. The maximum absolute atomic E-state index is 6.25. The fraction of sp³-hybridized carbons (Fsp3) is 1.00. The van der Waals surface area contributed by atoms with Gasteiger partial charge in [-0.2, -0.15) is 0 Å².